The van der Waals surface area contributed by atoms with Gasteiger partial charge in [0, 0.05) is 10.6 Å². The smallest absolute Gasteiger partial charge is 0.265 e. The summed E-state index contributed by atoms with van der Waals surface area (Å²) in [5.74, 6) is 0.00746. The van der Waals surface area contributed by atoms with Gasteiger partial charge < -0.3 is 0 Å². The fraction of sp³-hybridized carbons (Fsp3) is 0. The lowest BCUT2D eigenvalue weighted by molar-refractivity contribution is 0.0997. The van der Waals surface area contributed by atoms with Crippen molar-refractivity contribution in [2.75, 3.05) is 4.90 Å². The standard InChI is InChI=1S/C20H14ClN5O/c21-16-9-7-8-15(14-16)19(27)25(17-10-3-1-4-11-17)20-22-23-24-26(20)18-12-5-2-6-13-18/h1-14H. The van der Waals surface area contributed by atoms with Crippen LogP contribution < -0.4 is 4.90 Å². The molecule has 0 atom stereocenters. The number of anilines is 2. The van der Waals surface area contributed by atoms with Crippen LogP contribution in [-0.2, 0) is 0 Å². The quantitative estimate of drug-likeness (QED) is 0.533. The molecular weight excluding hydrogens is 362 g/mol. The second-order valence-corrected chi connectivity index (χ2v) is 6.15. The highest BCUT2D eigenvalue weighted by atomic mass is 35.5. The first-order chi connectivity index (χ1) is 13.2. The van der Waals surface area contributed by atoms with Crippen molar-refractivity contribution in [3.63, 3.8) is 0 Å². The van der Waals surface area contributed by atoms with Gasteiger partial charge in [-0.05, 0) is 52.9 Å². The molecule has 3 aromatic carbocycles. The third-order valence-electron chi connectivity index (χ3n) is 3.94. The molecule has 0 saturated heterocycles. The van der Waals surface area contributed by atoms with Crippen molar-refractivity contribution in [2.24, 2.45) is 0 Å². The van der Waals surface area contributed by atoms with E-state index in [4.69, 9.17) is 11.6 Å². The lowest BCUT2D eigenvalue weighted by Crippen LogP contribution is -2.28. The number of hydrogen-bond donors (Lipinski definition) is 0. The number of carbonyl (C=O) groups is 1. The second kappa shape index (κ2) is 7.39. The Hall–Kier alpha value is -3.51. The molecule has 0 bridgehead atoms. The molecule has 4 aromatic rings. The first-order valence-corrected chi connectivity index (χ1v) is 8.61. The van der Waals surface area contributed by atoms with E-state index in [9.17, 15) is 4.79 Å². The van der Waals surface area contributed by atoms with E-state index in [0.29, 0.717) is 16.3 Å². The Morgan fingerprint density at radius 2 is 1.59 bits per heavy atom. The van der Waals surface area contributed by atoms with E-state index in [-0.39, 0.29) is 11.9 Å². The summed E-state index contributed by atoms with van der Waals surface area (Å²) in [5, 5.41) is 12.4. The fourth-order valence-electron chi connectivity index (χ4n) is 2.71. The lowest BCUT2D eigenvalue weighted by atomic mass is 10.2. The topological polar surface area (TPSA) is 63.9 Å². The number of benzene rings is 3. The highest BCUT2D eigenvalue weighted by Crippen LogP contribution is 2.27. The summed E-state index contributed by atoms with van der Waals surface area (Å²) in [7, 11) is 0. The minimum Gasteiger partial charge on any atom is -0.268 e. The molecule has 0 aliphatic rings. The molecule has 0 aliphatic carbocycles. The molecule has 0 aliphatic heterocycles. The summed E-state index contributed by atoms with van der Waals surface area (Å²) in [6.45, 7) is 0. The van der Waals surface area contributed by atoms with E-state index in [2.05, 4.69) is 15.5 Å². The van der Waals surface area contributed by atoms with Crippen molar-refractivity contribution in [3.05, 3.63) is 95.5 Å². The van der Waals surface area contributed by atoms with Gasteiger partial charge in [0.2, 0.25) is 0 Å². The van der Waals surface area contributed by atoms with Gasteiger partial charge in [-0.15, -0.1) is 0 Å². The number of halogens is 1. The van der Waals surface area contributed by atoms with Gasteiger partial charge in [-0.2, -0.15) is 4.68 Å². The van der Waals surface area contributed by atoms with E-state index in [1.807, 2.05) is 60.7 Å². The maximum atomic E-state index is 13.3. The molecule has 4 rings (SSSR count). The van der Waals surface area contributed by atoms with E-state index in [0.717, 1.165) is 5.69 Å². The van der Waals surface area contributed by atoms with Gasteiger partial charge in [0.15, 0.2) is 0 Å². The summed E-state index contributed by atoms with van der Waals surface area (Å²) in [5.41, 5.74) is 1.83. The van der Waals surface area contributed by atoms with Crippen molar-refractivity contribution in [1.82, 2.24) is 20.2 Å². The Balaban J connectivity index is 1.86. The SMILES string of the molecule is O=C(c1cccc(Cl)c1)N(c1ccccc1)c1nnnn1-c1ccccc1. The summed E-state index contributed by atoms with van der Waals surface area (Å²) < 4.78 is 1.52. The van der Waals surface area contributed by atoms with Crippen molar-refractivity contribution in [3.8, 4) is 5.69 Å². The minimum absolute atomic E-state index is 0.282. The molecule has 0 saturated carbocycles. The van der Waals surface area contributed by atoms with Crippen LogP contribution in [-0.4, -0.2) is 26.1 Å². The van der Waals surface area contributed by atoms with Crippen LogP contribution in [0.3, 0.4) is 0 Å². The molecule has 0 fully saturated rings. The fourth-order valence-corrected chi connectivity index (χ4v) is 2.90. The summed E-state index contributed by atoms with van der Waals surface area (Å²) in [6.07, 6.45) is 0. The molecule has 6 nitrogen and oxygen atoms in total. The Labute approximate surface area is 160 Å². The largest absolute Gasteiger partial charge is 0.268 e. The summed E-state index contributed by atoms with van der Waals surface area (Å²) in [6, 6.07) is 25.4. The number of tetrazole rings is 1. The third-order valence-corrected chi connectivity index (χ3v) is 4.18. The van der Waals surface area contributed by atoms with E-state index in [1.165, 1.54) is 9.58 Å². The number of hydrogen-bond acceptors (Lipinski definition) is 4. The zero-order chi connectivity index (χ0) is 18.6. The Bertz CT molecular complexity index is 1070. The molecule has 0 radical (unpaired) electrons. The van der Waals surface area contributed by atoms with Crippen LogP contribution in [0.4, 0.5) is 11.6 Å². The number of aromatic nitrogens is 4. The third kappa shape index (κ3) is 3.43. The molecule has 1 heterocycles. The van der Waals surface area contributed by atoms with Gasteiger partial charge >= 0.3 is 0 Å². The van der Waals surface area contributed by atoms with Gasteiger partial charge in [0.25, 0.3) is 11.9 Å². The Kier molecular flexibility index (Phi) is 4.63. The highest BCUT2D eigenvalue weighted by molar-refractivity contribution is 6.31. The summed E-state index contributed by atoms with van der Waals surface area (Å²) in [4.78, 5) is 14.8. The number of carbonyl (C=O) groups excluding carboxylic acids is 1. The molecule has 1 amide bonds. The van der Waals surface area contributed by atoms with Crippen LogP contribution >= 0.6 is 11.6 Å². The normalized spacial score (nSPS) is 10.6. The van der Waals surface area contributed by atoms with Gasteiger partial charge in [0.05, 0.1) is 11.4 Å². The minimum atomic E-state index is -0.282. The predicted molar refractivity (Wildman–Crippen MR) is 104 cm³/mol. The average molecular weight is 376 g/mol. The Morgan fingerprint density at radius 3 is 2.30 bits per heavy atom. The van der Waals surface area contributed by atoms with Gasteiger partial charge in [-0.25, -0.2) is 4.90 Å². The van der Waals surface area contributed by atoms with Crippen molar-refractivity contribution in [1.29, 1.82) is 0 Å². The monoisotopic (exact) mass is 375 g/mol. The van der Waals surface area contributed by atoms with Crippen molar-refractivity contribution in [2.45, 2.75) is 0 Å². The van der Waals surface area contributed by atoms with Crippen LogP contribution in [0, 0.1) is 0 Å². The van der Waals surface area contributed by atoms with Gasteiger partial charge in [-0.3, -0.25) is 4.79 Å². The number of nitrogens with zero attached hydrogens (tertiary/aromatic N) is 5. The molecule has 0 spiro atoms. The van der Waals surface area contributed by atoms with Crippen LogP contribution in [0.1, 0.15) is 10.4 Å². The van der Waals surface area contributed by atoms with Gasteiger partial charge in [-0.1, -0.05) is 59.2 Å². The molecule has 27 heavy (non-hydrogen) atoms. The molecule has 1 aromatic heterocycles. The van der Waals surface area contributed by atoms with E-state index in [1.54, 1.807) is 24.3 Å². The van der Waals surface area contributed by atoms with Crippen molar-refractivity contribution >= 4 is 29.1 Å². The molecular formula is C20H14ClN5O. The first kappa shape index (κ1) is 16.9. The zero-order valence-electron chi connectivity index (χ0n) is 14.1. The lowest BCUT2D eigenvalue weighted by Gasteiger charge is -2.21. The van der Waals surface area contributed by atoms with E-state index < -0.39 is 0 Å². The van der Waals surface area contributed by atoms with Crippen LogP contribution in [0.5, 0.6) is 0 Å². The van der Waals surface area contributed by atoms with Gasteiger partial charge in [0.1, 0.15) is 0 Å². The molecule has 7 heteroatoms. The zero-order valence-corrected chi connectivity index (χ0v) is 14.9. The molecule has 0 unspecified atom stereocenters. The van der Waals surface area contributed by atoms with Crippen LogP contribution in [0.2, 0.25) is 5.02 Å². The summed E-state index contributed by atoms with van der Waals surface area (Å²) >= 11 is 6.08. The van der Waals surface area contributed by atoms with Crippen LogP contribution in [0.25, 0.3) is 5.69 Å². The Morgan fingerprint density at radius 1 is 0.889 bits per heavy atom. The van der Waals surface area contributed by atoms with Crippen molar-refractivity contribution < 1.29 is 4.79 Å². The maximum Gasteiger partial charge on any atom is 0.265 e. The molecule has 0 N–H and O–H groups in total. The van der Waals surface area contributed by atoms with Crippen LogP contribution in [0.15, 0.2) is 84.9 Å². The second-order valence-electron chi connectivity index (χ2n) is 5.71. The number of amides is 1. The first-order valence-electron chi connectivity index (χ1n) is 8.23. The number of para-hydroxylation sites is 2. The number of rotatable bonds is 4. The van der Waals surface area contributed by atoms with E-state index >= 15 is 0 Å². The average Bonchev–Trinajstić information content (AvgIpc) is 3.19. The predicted octanol–water partition coefficient (Wildman–Crippen LogP) is 4.29. The maximum absolute atomic E-state index is 13.3. The highest BCUT2D eigenvalue weighted by Gasteiger charge is 2.26. The molecule has 132 valence electrons.